The van der Waals surface area contributed by atoms with Gasteiger partial charge in [-0.25, -0.2) is 9.67 Å². The quantitative estimate of drug-likeness (QED) is 0.356. The van der Waals surface area contributed by atoms with Crippen molar-refractivity contribution in [1.29, 1.82) is 5.26 Å². The van der Waals surface area contributed by atoms with Crippen LogP contribution in [0.15, 0.2) is 23.2 Å². The molecule has 6 nitrogen and oxygen atoms in total. The number of para-hydroxylation sites is 1. The molecular formula is C10H10N6S. The van der Waals surface area contributed by atoms with Gasteiger partial charge < -0.3 is 0 Å². The Kier molecular flexibility index (Phi) is 3.25. The number of nitriles is 1. The van der Waals surface area contributed by atoms with Crippen LogP contribution in [0.25, 0.3) is 11.0 Å². The summed E-state index contributed by atoms with van der Waals surface area (Å²) >= 11 is 1.37. The maximum Gasteiger partial charge on any atom is 0.183 e. The molecule has 17 heavy (non-hydrogen) atoms. The fraction of sp³-hybridized carbons (Fsp3) is 0.200. The second-order valence-corrected chi connectivity index (χ2v) is 4.01. The number of aliphatic imine (C=N–C) groups is 1. The zero-order valence-corrected chi connectivity index (χ0v) is 10.2. The molecule has 0 saturated heterocycles. The smallest absolute Gasteiger partial charge is 0.183 e. The van der Waals surface area contributed by atoms with Crippen LogP contribution in [0.2, 0.25) is 0 Å². The monoisotopic (exact) mass is 246 g/mol. The molecule has 1 N–H and O–H groups in total. The largest absolute Gasteiger partial charge is 0.271 e. The first kappa shape index (κ1) is 11.4. The van der Waals surface area contributed by atoms with Crippen LogP contribution in [0.4, 0.5) is 5.69 Å². The molecule has 1 aromatic heterocycles. The zero-order chi connectivity index (χ0) is 12.3. The Morgan fingerprint density at radius 1 is 1.59 bits per heavy atom. The average molecular weight is 246 g/mol. The molecular weight excluding hydrogens is 236 g/mol. The number of aryl methyl sites for hydroxylation is 1. The molecule has 0 aliphatic carbocycles. The molecule has 86 valence electrons. The summed E-state index contributed by atoms with van der Waals surface area (Å²) in [5.41, 5.74) is 2.37. The summed E-state index contributed by atoms with van der Waals surface area (Å²) < 4.78 is 1.67. The van der Waals surface area contributed by atoms with Crippen molar-refractivity contribution < 1.29 is 0 Å². The summed E-state index contributed by atoms with van der Waals surface area (Å²) in [4.78, 5) is 4.37. The first-order chi connectivity index (χ1) is 8.26. The number of hydrogen-bond donors (Lipinski definition) is 1. The summed E-state index contributed by atoms with van der Waals surface area (Å²) in [5, 5.41) is 19.6. The normalized spacial score (nSPS) is 11.5. The Balaban J connectivity index is 2.55. The third kappa shape index (κ3) is 2.21. The number of nitrogens with one attached hydrogen (secondary N) is 1. The van der Waals surface area contributed by atoms with Gasteiger partial charge in [0.15, 0.2) is 11.4 Å². The maximum atomic E-state index is 8.59. The van der Waals surface area contributed by atoms with E-state index in [2.05, 4.69) is 20.6 Å². The molecule has 0 atom stereocenters. The lowest BCUT2D eigenvalue weighted by atomic mass is 10.3. The summed E-state index contributed by atoms with van der Waals surface area (Å²) in [6.45, 7) is 0. The molecule has 2 rings (SSSR count). The van der Waals surface area contributed by atoms with Crippen molar-refractivity contribution in [2.45, 2.75) is 0 Å². The summed E-state index contributed by atoms with van der Waals surface area (Å²) in [6, 6.07) is 5.60. The first-order valence-electron chi connectivity index (χ1n) is 4.82. The van der Waals surface area contributed by atoms with Gasteiger partial charge in [-0.15, -0.1) is 5.10 Å². The molecule has 2 aromatic rings. The molecule has 1 aromatic carbocycles. The van der Waals surface area contributed by atoms with Gasteiger partial charge in [0, 0.05) is 7.05 Å². The van der Waals surface area contributed by atoms with Gasteiger partial charge >= 0.3 is 0 Å². The third-order valence-electron chi connectivity index (χ3n) is 2.18. The molecule has 0 aliphatic rings. The number of rotatable bonds is 1. The van der Waals surface area contributed by atoms with Crippen LogP contribution < -0.4 is 5.32 Å². The number of amidine groups is 1. The van der Waals surface area contributed by atoms with E-state index in [1.807, 2.05) is 37.7 Å². The van der Waals surface area contributed by atoms with Gasteiger partial charge in [0.1, 0.15) is 11.0 Å². The second kappa shape index (κ2) is 4.84. The number of benzene rings is 1. The highest BCUT2D eigenvalue weighted by Crippen LogP contribution is 2.24. The van der Waals surface area contributed by atoms with Crippen molar-refractivity contribution in [3.63, 3.8) is 0 Å². The van der Waals surface area contributed by atoms with E-state index in [-0.39, 0.29) is 0 Å². The van der Waals surface area contributed by atoms with E-state index in [1.165, 1.54) is 11.8 Å². The van der Waals surface area contributed by atoms with Crippen LogP contribution in [0.5, 0.6) is 0 Å². The summed E-state index contributed by atoms with van der Waals surface area (Å²) in [5.74, 6) is 0. The molecule has 0 amide bonds. The van der Waals surface area contributed by atoms with Crippen LogP contribution >= 0.6 is 11.8 Å². The Bertz CT molecular complexity index is 609. The predicted octanol–water partition coefficient (Wildman–Crippen LogP) is 1.39. The molecule has 0 radical (unpaired) electrons. The van der Waals surface area contributed by atoms with Crippen LogP contribution in [-0.2, 0) is 7.05 Å². The number of fused-ring (bicyclic) bond motifs is 1. The molecule has 0 fully saturated rings. The predicted molar refractivity (Wildman–Crippen MR) is 67.9 cm³/mol. The Hall–Kier alpha value is -2.07. The summed E-state index contributed by atoms with van der Waals surface area (Å²) in [6.07, 6.45) is 3.71. The Labute approximate surface area is 102 Å². The fourth-order valence-electron chi connectivity index (χ4n) is 1.46. The van der Waals surface area contributed by atoms with E-state index in [4.69, 9.17) is 5.26 Å². The minimum Gasteiger partial charge on any atom is -0.271 e. The van der Waals surface area contributed by atoms with E-state index in [0.717, 1.165) is 16.7 Å². The van der Waals surface area contributed by atoms with Crippen molar-refractivity contribution in [2.24, 2.45) is 12.0 Å². The summed E-state index contributed by atoms with van der Waals surface area (Å²) in [7, 11) is 1.81. The van der Waals surface area contributed by atoms with Gasteiger partial charge in [-0.1, -0.05) is 23.0 Å². The van der Waals surface area contributed by atoms with E-state index in [0.29, 0.717) is 5.17 Å². The van der Waals surface area contributed by atoms with Gasteiger partial charge in [-0.05, 0) is 18.4 Å². The maximum absolute atomic E-state index is 8.59. The van der Waals surface area contributed by atoms with Crippen LogP contribution in [-0.4, -0.2) is 26.4 Å². The molecule has 7 heteroatoms. The highest BCUT2D eigenvalue weighted by atomic mass is 32.2. The lowest BCUT2D eigenvalue weighted by Gasteiger charge is -2.01. The lowest BCUT2D eigenvalue weighted by Crippen LogP contribution is -2.12. The molecule has 0 aliphatic heterocycles. The number of thioether (sulfide) groups is 1. The van der Waals surface area contributed by atoms with Crippen molar-refractivity contribution in [1.82, 2.24) is 20.3 Å². The average Bonchev–Trinajstić information content (AvgIpc) is 2.72. The molecule has 0 unspecified atom stereocenters. The topological polar surface area (TPSA) is 78.9 Å². The molecule has 1 heterocycles. The third-order valence-corrected chi connectivity index (χ3v) is 2.76. The van der Waals surface area contributed by atoms with Gasteiger partial charge in [-0.2, -0.15) is 5.26 Å². The van der Waals surface area contributed by atoms with Crippen molar-refractivity contribution in [2.75, 3.05) is 6.26 Å². The van der Waals surface area contributed by atoms with E-state index < -0.39 is 0 Å². The van der Waals surface area contributed by atoms with Crippen LogP contribution in [0, 0.1) is 11.5 Å². The Morgan fingerprint density at radius 3 is 3.12 bits per heavy atom. The van der Waals surface area contributed by atoms with E-state index in [1.54, 1.807) is 4.68 Å². The van der Waals surface area contributed by atoms with Gasteiger partial charge in [0.2, 0.25) is 0 Å². The minimum absolute atomic E-state index is 0.543. The Morgan fingerprint density at radius 2 is 2.41 bits per heavy atom. The number of aromatic nitrogens is 3. The van der Waals surface area contributed by atoms with E-state index >= 15 is 0 Å². The minimum atomic E-state index is 0.543. The van der Waals surface area contributed by atoms with E-state index in [9.17, 15) is 0 Å². The standard InChI is InChI=1S/C10H10N6S/c1-16-9-7(13-10(17-2)12-6-11)4-3-5-8(9)14-15-16/h3-5H,1-2H3,(H,12,13). The zero-order valence-electron chi connectivity index (χ0n) is 9.38. The number of nitrogens with zero attached hydrogens (tertiary/aromatic N) is 5. The highest BCUT2D eigenvalue weighted by Gasteiger charge is 2.07. The highest BCUT2D eigenvalue weighted by molar-refractivity contribution is 8.13. The van der Waals surface area contributed by atoms with Crippen molar-refractivity contribution in [3.8, 4) is 6.19 Å². The SMILES string of the molecule is CSC(=Nc1cccc2nnn(C)c12)NC#N. The lowest BCUT2D eigenvalue weighted by molar-refractivity contribution is 0.736. The fourth-order valence-corrected chi connectivity index (χ4v) is 1.80. The second-order valence-electron chi connectivity index (χ2n) is 3.22. The first-order valence-corrected chi connectivity index (χ1v) is 6.05. The molecule has 0 spiro atoms. The van der Waals surface area contributed by atoms with Crippen molar-refractivity contribution in [3.05, 3.63) is 18.2 Å². The molecule has 0 bridgehead atoms. The van der Waals surface area contributed by atoms with Crippen LogP contribution in [0.1, 0.15) is 0 Å². The molecule has 0 saturated carbocycles. The van der Waals surface area contributed by atoms with Crippen LogP contribution in [0.3, 0.4) is 0 Å². The van der Waals surface area contributed by atoms with Gasteiger partial charge in [0.25, 0.3) is 0 Å². The number of hydrogen-bond acceptors (Lipinski definition) is 5. The van der Waals surface area contributed by atoms with Gasteiger partial charge in [0.05, 0.1) is 5.69 Å². The van der Waals surface area contributed by atoms with Gasteiger partial charge in [-0.3, -0.25) is 5.32 Å². The van der Waals surface area contributed by atoms with Crippen molar-refractivity contribution >= 4 is 33.7 Å².